The predicted octanol–water partition coefficient (Wildman–Crippen LogP) is 4.50. The van der Waals surface area contributed by atoms with Gasteiger partial charge in [0.2, 0.25) is 0 Å². The van der Waals surface area contributed by atoms with Gasteiger partial charge in [-0.25, -0.2) is 0 Å². The van der Waals surface area contributed by atoms with E-state index in [9.17, 15) is 10.2 Å². The van der Waals surface area contributed by atoms with Crippen LogP contribution in [0.15, 0.2) is 42.5 Å². The highest BCUT2D eigenvalue weighted by Crippen LogP contribution is 2.29. The molecule has 4 N–H and O–H groups in total. The van der Waals surface area contributed by atoms with E-state index in [1.165, 1.54) is 38.5 Å². The Labute approximate surface area is 204 Å². The lowest BCUT2D eigenvalue weighted by molar-refractivity contribution is 0.0533. The van der Waals surface area contributed by atoms with E-state index in [2.05, 4.69) is 13.0 Å². The Kier molecular flexibility index (Phi) is 13.6. The molecule has 0 heterocycles. The summed E-state index contributed by atoms with van der Waals surface area (Å²) < 4.78 is 11.5. The summed E-state index contributed by atoms with van der Waals surface area (Å²) in [6.07, 6.45) is 8.31. The Bertz CT molecular complexity index is 792. The van der Waals surface area contributed by atoms with Gasteiger partial charge in [-0.05, 0) is 53.8 Å². The summed E-state index contributed by atoms with van der Waals surface area (Å²) >= 11 is 0. The van der Waals surface area contributed by atoms with Gasteiger partial charge in [-0.1, -0.05) is 63.6 Å². The summed E-state index contributed by atoms with van der Waals surface area (Å²) in [5.41, 5.74) is 3.25. The standard InChI is InChI=1S/C28H42O6/c1-2-3-4-5-6-7-8-9-24-18-23(12-15-28(24)34-21-26(32)20-30)22-10-13-27(14-11-22)33-17-16-25(31)19-29/h10-15,18,25-26,29-32H,2-9,16-17,19-21H2,1H3. The number of unbranched alkanes of at least 4 members (excludes halogenated alkanes) is 6. The second-order valence-corrected chi connectivity index (χ2v) is 8.84. The van der Waals surface area contributed by atoms with Crippen LogP contribution in [0.5, 0.6) is 11.5 Å². The zero-order valence-electron chi connectivity index (χ0n) is 20.5. The van der Waals surface area contributed by atoms with Crippen molar-refractivity contribution in [1.82, 2.24) is 0 Å². The molecule has 2 aromatic carbocycles. The van der Waals surface area contributed by atoms with Crippen molar-refractivity contribution in [1.29, 1.82) is 0 Å². The van der Waals surface area contributed by atoms with Gasteiger partial charge in [-0.3, -0.25) is 0 Å². The van der Waals surface area contributed by atoms with Crippen molar-refractivity contribution in [3.63, 3.8) is 0 Å². The van der Waals surface area contributed by atoms with Crippen molar-refractivity contribution >= 4 is 0 Å². The minimum Gasteiger partial charge on any atom is -0.493 e. The second-order valence-electron chi connectivity index (χ2n) is 8.84. The Morgan fingerprint density at radius 2 is 1.38 bits per heavy atom. The van der Waals surface area contributed by atoms with Gasteiger partial charge in [-0.2, -0.15) is 0 Å². The highest BCUT2D eigenvalue weighted by molar-refractivity contribution is 5.66. The molecule has 2 aromatic rings. The van der Waals surface area contributed by atoms with E-state index in [0.29, 0.717) is 13.0 Å². The van der Waals surface area contributed by atoms with E-state index in [1.54, 1.807) is 0 Å². The summed E-state index contributed by atoms with van der Waals surface area (Å²) in [6, 6.07) is 13.9. The molecular formula is C28H42O6. The van der Waals surface area contributed by atoms with E-state index in [4.69, 9.17) is 19.7 Å². The lowest BCUT2D eigenvalue weighted by Crippen LogP contribution is -2.21. The molecule has 0 aliphatic rings. The third-order valence-electron chi connectivity index (χ3n) is 5.87. The van der Waals surface area contributed by atoms with Crippen LogP contribution >= 0.6 is 0 Å². The fourth-order valence-electron chi connectivity index (χ4n) is 3.75. The van der Waals surface area contributed by atoms with Crippen LogP contribution in [-0.4, -0.2) is 59.1 Å². The van der Waals surface area contributed by atoms with Crippen molar-refractivity contribution in [2.75, 3.05) is 26.4 Å². The topological polar surface area (TPSA) is 99.4 Å². The molecule has 0 spiro atoms. The predicted molar refractivity (Wildman–Crippen MR) is 135 cm³/mol. The quantitative estimate of drug-likeness (QED) is 0.237. The number of hydrogen-bond acceptors (Lipinski definition) is 6. The zero-order chi connectivity index (χ0) is 24.6. The lowest BCUT2D eigenvalue weighted by atomic mass is 9.98. The average molecular weight is 475 g/mol. The van der Waals surface area contributed by atoms with Crippen LogP contribution in [0.4, 0.5) is 0 Å². The summed E-state index contributed by atoms with van der Waals surface area (Å²) in [4.78, 5) is 0. The summed E-state index contributed by atoms with van der Waals surface area (Å²) in [5.74, 6) is 1.47. The van der Waals surface area contributed by atoms with Crippen LogP contribution in [0.3, 0.4) is 0 Å². The molecule has 0 aliphatic carbocycles. The van der Waals surface area contributed by atoms with Crippen LogP contribution < -0.4 is 9.47 Å². The van der Waals surface area contributed by atoms with Crippen LogP contribution in [0.25, 0.3) is 11.1 Å². The number of aliphatic hydroxyl groups excluding tert-OH is 4. The maximum atomic E-state index is 9.68. The van der Waals surface area contributed by atoms with Crippen molar-refractivity contribution in [2.24, 2.45) is 0 Å². The van der Waals surface area contributed by atoms with Gasteiger partial charge < -0.3 is 29.9 Å². The normalized spacial score (nSPS) is 13.0. The van der Waals surface area contributed by atoms with Gasteiger partial charge in [0.05, 0.1) is 25.9 Å². The molecule has 2 unspecified atom stereocenters. The molecule has 0 aliphatic heterocycles. The Morgan fingerprint density at radius 1 is 0.735 bits per heavy atom. The van der Waals surface area contributed by atoms with E-state index in [1.807, 2.05) is 36.4 Å². The highest BCUT2D eigenvalue weighted by Gasteiger charge is 2.10. The smallest absolute Gasteiger partial charge is 0.122 e. The van der Waals surface area contributed by atoms with Gasteiger partial charge in [0.1, 0.15) is 24.2 Å². The lowest BCUT2D eigenvalue weighted by Gasteiger charge is -2.16. The van der Waals surface area contributed by atoms with E-state index in [-0.39, 0.29) is 19.8 Å². The number of rotatable bonds is 18. The molecule has 0 saturated carbocycles. The van der Waals surface area contributed by atoms with E-state index < -0.39 is 12.2 Å². The molecule has 0 radical (unpaired) electrons. The minimum atomic E-state index is -0.892. The van der Waals surface area contributed by atoms with Crippen LogP contribution in [0.1, 0.15) is 63.9 Å². The van der Waals surface area contributed by atoms with Crippen molar-refractivity contribution in [3.8, 4) is 22.6 Å². The van der Waals surface area contributed by atoms with Gasteiger partial charge >= 0.3 is 0 Å². The first-order valence-corrected chi connectivity index (χ1v) is 12.6. The first kappa shape index (κ1) is 28.1. The average Bonchev–Trinajstić information content (AvgIpc) is 2.87. The van der Waals surface area contributed by atoms with Crippen LogP contribution in [0.2, 0.25) is 0 Å². The molecule has 34 heavy (non-hydrogen) atoms. The van der Waals surface area contributed by atoms with Gasteiger partial charge in [0.15, 0.2) is 0 Å². The summed E-state index contributed by atoms with van der Waals surface area (Å²) in [7, 11) is 0. The monoisotopic (exact) mass is 474 g/mol. The second kappa shape index (κ2) is 16.5. The van der Waals surface area contributed by atoms with Crippen LogP contribution in [0, 0.1) is 0 Å². The number of ether oxygens (including phenoxy) is 2. The highest BCUT2D eigenvalue weighted by atomic mass is 16.5. The zero-order valence-corrected chi connectivity index (χ0v) is 20.5. The molecular weight excluding hydrogens is 432 g/mol. The summed E-state index contributed by atoms with van der Waals surface area (Å²) in [6.45, 7) is 2.06. The SMILES string of the molecule is CCCCCCCCCc1cc(-c2ccc(OCCC(O)CO)cc2)ccc1OCC(O)CO. The van der Waals surface area contributed by atoms with Gasteiger partial charge in [0.25, 0.3) is 0 Å². The number of aliphatic hydroxyl groups is 4. The minimum absolute atomic E-state index is 0.0663. The van der Waals surface area contributed by atoms with Crippen molar-refractivity contribution in [2.45, 2.75) is 76.9 Å². The first-order chi connectivity index (χ1) is 16.6. The van der Waals surface area contributed by atoms with Crippen molar-refractivity contribution < 1.29 is 29.9 Å². The first-order valence-electron chi connectivity index (χ1n) is 12.6. The molecule has 0 saturated heterocycles. The largest absolute Gasteiger partial charge is 0.493 e. The van der Waals surface area contributed by atoms with Gasteiger partial charge in [-0.15, -0.1) is 0 Å². The fraction of sp³-hybridized carbons (Fsp3) is 0.571. The number of aryl methyl sites for hydroxylation is 1. The molecule has 0 aromatic heterocycles. The molecule has 2 atom stereocenters. The summed E-state index contributed by atoms with van der Waals surface area (Å²) in [5, 5.41) is 37.1. The Morgan fingerprint density at radius 3 is 2.06 bits per heavy atom. The van der Waals surface area contributed by atoms with Crippen molar-refractivity contribution in [3.05, 3.63) is 48.0 Å². The van der Waals surface area contributed by atoms with Crippen LogP contribution in [-0.2, 0) is 6.42 Å². The number of hydrogen-bond donors (Lipinski definition) is 4. The maximum absolute atomic E-state index is 9.68. The molecule has 0 amide bonds. The molecule has 2 rings (SSSR count). The Balaban J connectivity index is 2.01. The fourth-order valence-corrected chi connectivity index (χ4v) is 3.75. The molecule has 0 bridgehead atoms. The maximum Gasteiger partial charge on any atom is 0.122 e. The third kappa shape index (κ3) is 10.4. The molecule has 6 heteroatoms. The Hall–Kier alpha value is -2.12. The van der Waals surface area contributed by atoms with Gasteiger partial charge in [0, 0.05) is 6.42 Å². The molecule has 190 valence electrons. The molecule has 0 fully saturated rings. The van der Waals surface area contributed by atoms with E-state index >= 15 is 0 Å². The van der Waals surface area contributed by atoms with E-state index in [0.717, 1.165) is 41.0 Å². The molecule has 6 nitrogen and oxygen atoms in total. The third-order valence-corrected chi connectivity index (χ3v) is 5.87. The number of benzene rings is 2.